The van der Waals surface area contributed by atoms with E-state index in [0.29, 0.717) is 13.1 Å². The Kier molecular flexibility index (Phi) is 6.04. The number of carbonyl (C=O) groups excluding carboxylic acids is 3. The maximum atomic E-state index is 14.4. The van der Waals surface area contributed by atoms with Crippen molar-refractivity contribution in [2.24, 2.45) is 17.3 Å². The first kappa shape index (κ1) is 25.9. The number of fused-ring (bicyclic) bond motifs is 2. The summed E-state index contributed by atoms with van der Waals surface area (Å²) in [6.07, 6.45) is 8.31. The van der Waals surface area contributed by atoms with Crippen LogP contribution in [-0.4, -0.2) is 93.1 Å². The average molecular weight is 488 g/mol. The summed E-state index contributed by atoms with van der Waals surface area (Å²) in [4.78, 5) is 47.0. The number of ether oxygens (including phenoxy) is 1. The lowest BCUT2D eigenvalue weighted by molar-refractivity contribution is -0.158. The van der Waals surface area contributed by atoms with Gasteiger partial charge >= 0.3 is 0 Å². The van der Waals surface area contributed by atoms with Crippen molar-refractivity contribution in [3.8, 4) is 0 Å². The molecule has 4 aliphatic heterocycles. The highest BCUT2D eigenvalue weighted by molar-refractivity contribution is 6.00. The third-order valence-electron chi connectivity index (χ3n) is 8.13. The van der Waals surface area contributed by atoms with Crippen LogP contribution in [0.25, 0.3) is 0 Å². The number of nitrogens with zero attached hydrogens (tertiary/aromatic N) is 3. The standard InChI is InChI=1S/C27H41N3O5/c1-17(15-31)30-20-23(34)29(25(5,6)16-24(2,3)4)14-10-12-27(20)19(22(30)33)18-21(32)28(8)13-9-11-26(18,7)35-27/h9-12,17-20,31H,13-16H2,1-8H3/t17-,18-,19+,20?,26+,27+/m1/s1. The normalized spacial score (nSPS) is 36.2. The predicted molar refractivity (Wildman–Crippen MR) is 132 cm³/mol. The van der Waals surface area contributed by atoms with Gasteiger partial charge in [0.25, 0.3) is 0 Å². The number of carbonyl (C=O) groups is 3. The molecule has 1 spiro atoms. The second-order valence-electron chi connectivity index (χ2n) is 12.8. The highest BCUT2D eigenvalue weighted by Crippen LogP contribution is 2.58. The molecule has 4 rings (SSSR count). The minimum atomic E-state index is -1.29. The molecule has 2 fully saturated rings. The summed E-state index contributed by atoms with van der Waals surface area (Å²) >= 11 is 0. The van der Waals surface area contributed by atoms with E-state index in [0.717, 1.165) is 6.42 Å². The van der Waals surface area contributed by atoms with Gasteiger partial charge in [-0.1, -0.05) is 45.1 Å². The van der Waals surface area contributed by atoms with Crippen LogP contribution in [0, 0.1) is 17.3 Å². The van der Waals surface area contributed by atoms with E-state index in [1.54, 1.807) is 18.9 Å². The number of likely N-dealkylation sites (tertiary alicyclic amines) is 1. The number of aliphatic hydroxyl groups is 1. The van der Waals surface area contributed by atoms with Gasteiger partial charge in [0.2, 0.25) is 17.7 Å². The molecule has 0 aromatic rings. The van der Waals surface area contributed by atoms with Crippen LogP contribution in [0.3, 0.4) is 0 Å². The molecule has 0 radical (unpaired) electrons. The third-order valence-corrected chi connectivity index (χ3v) is 8.13. The molecule has 0 aliphatic carbocycles. The minimum absolute atomic E-state index is 0.0179. The van der Waals surface area contributed by atoms with Crippen molar-refractivity contribution in [2.75, 3.05) is 26.7 Å². The minimum Gasteiger partial charge on any atom is -0.394 e. The van der Waals surface area contributed by atoms with Crippen molar-refractivity contribution in [1.82, 2.24) is 14.7 Å². The number of likely N-dealkylation sites (N-methyl/N-ethyl adjacent to an activating group) is 1. The van der Waals surface area contributed by atoms with Gasteiger partial charge < -0.3 is 24.5 Å². The Morgan fingerprint density at radius 3 is 2.26 bits per heavy atom. The van der Waals surface area contributed by atoms with Gasteiger partial charge in [0.05, 0.1) is 30.1 Å². The molecule has 4 heterocycles. The van der Waals surface area contributed by atoms with Crippen LogP contribution < -0.4 is 0 Å². The monoisotopic (exact) mass is 487 g/mol. The van der Waals surface area contributed by atoms with Gasteiger partial charge in [0.1, 0.15) is 11.6 Å². The van der Waals surface area contributed by atoms with Gasteiger partial charge in [-0.25, -0.2) is 0 Å². The van der Waals surface area contributed by atoms with E-state index in [-0.39, 0.29) is 29.7 Å². The maximum absolute atomic E-state index is 14.4. The average Bonchev–Trinajstić information content (AvgIpc) is 3.01. The van der Waals surface area contributed by atoms with Crippen molar-refractivity contribution in [1.29, 1.82) is 0 Å². The van der Waals surface area contributed by atoms with E-state index < -0.39 is 40.7 Å². The van der Waals surface area contributed by atoms with Crippen LogP contribution in [-0.2, 0) is 19.1 Å². The van der Waals surface area contributed by atoms with Gasteiger partial charge in [0, 0.05) is 25.7 Å². The van der Waals surface area contributed by atoms with Gasteiger partial charge in [0.15, 0.2) is 0 Å². The molecule has 6 atom stereocenters. The zero-order valence-electron chi connectivity index (χ0n) is 22.4. The van der Waals surface area contributed by atoms with E-state index >= 15 is 0 Å². The molecule has 8 nitrogen and oxygen atoms in total. The number of aliphatic hydroxyl groups excluding tert-OH is 1. The van der Waals surface area contributed by atoms with Crippen LogP contribution in [0.5, 0.6) is 0 Å². The lowest BCUT2D eigenvalue weighted by Crippen LogP contribution is -2.61. The fraction of sp³-hybridized carbons (Fsp3) is 0.741. The molecule has 194 valence electrons. The number of amides is 3. The summed E-state index contributed by atoms with van der Waals surface area (Å²) in [7, 11) is 1.72. The van der Waals surface area contributed by atoms with E-state index in [4.69, 9.17) is 4.74 Å². The van der Waals surface area contributed by atoms with Gasteiger partial charge in [-0.3, -0.25) is 14.4 Å². The lowest BCUT2D eigenvalue weighted by Gasteiger charge is -2.45. The Morgan fingerprint density at radius 1 is 1.03 bits per heavy atom. The molecule has 1 unspecified atom stereocenters. The second kappa shape index (κ2) is 8.17. The summed E-state index contributed by atoms with van der Waals surface area (Å²) in [5, 5.41) is 10.1. The van der Waals surface area contributed by atoms with E-state index in [1.807, 2.05) is 36.1 Å². The maximum Gasteiger partial charge on any atom is 0.249 e. The summed E-state index contributed by atoms with van der Waals surface area (Å²) in [6.45, 7) is 14.7. The van der Waals surface area contributed by atoms with Crippen LogP contribution >= 0.6 is 0 Å². The third kappa shape index (κ3) is 3.84. The molecule has 35 heavy (non-hydrogen) atoms. The second-order valence-corrected chi connectivity index (χ2v) is 12.8. The molecular formula is C27H41N3O5. The van der Waals surface area contributed by atoms with Gasteiger partial charge in [-0.15, -0.1) is 0 Å². The summed E-state index contributed by atoms with van der Waals surface area (Å²) < 4.78 is 6.76. The van der Waals surface area contributed by atoms with Gasteiger partial charge in [-0.05, 0) is 39.5 Å². The highest BCUT2D eigenvalue weighted by atomic mass is 16.5. The Balaban J connectivity index is 1.87. The van der Waals surface area contributed by atoms with Crippen molar-refractivity contribution in [3.63, 3.8) is 0 Å². The van der Waals surface area contributed by atoms with E-state index in [2.05, 4.69) is 34.6 Å². The molecule has 4 aliphatic rings. The zero-order chi connectivity index (χ0) is 26.1. The SMILES string of the molecule is C[C@H](CO)N1C(=O)[C@@H]2[C@@H]3C(=O)N(C)CC=C[C@]3(C)O[C@@]23C=CCN(C(C)(C)CC(C)(C)C)C(=O)C13. The Morgan fingerprint density at radius 2 is 1.66 bits per heavy atom. The molecular weight excluding hydrogens is 446 g/mol. The first-order chi connectivity index (χ1) is 16.1. The largest absolute Gasteiger partial charge is 0.394 e. The topological polar surface area (TPSA) is 90.4 Å². The molecule has 3 amide bonds. The predicted octanol–water partition coefficient (Wildman–Crippen LogP) is 1.98. The van der Waals surface area contributed by atoms with Crippen LogP contribution in [0.1, 0.15) is 54.9 Å². The molecule has 8 heteroatoms. The molecule has 2 saturated heterocycles. The number of hydrogen-bond donors (Lipinski definition) is 1. The quantitative estimate of drug-likeness (QED) is 0.613. The molecule has 0 bridgehead atoms. The highest BCUT2D eigenvalue weighted by Gasteiger charge is 2.75. The van der Waals surface area contributed by atoms with E-state index in [1.165, 1.54) is 4.90 Å². The first-order valence-electron chi connectivity index (χ1n) is 12.6. The van der Waals surface area contributed by atoms with Crippen molar-refractivity contribution in [2.45, 2.75) is 83.7 Å². The van der Waals surface area contributed by atoms with Crippen LogP contribution in [0.15, 0.2) is 24.3 Å². The summed E-state index contributed by atoms with van der Waals surface area (Å²) in [6, 6.07) is -1.56. The fourth-order valence-electron chi connectivity index (χ4n) is 7.08. The molecule has 1 N–H and O–H groups in total. The van der Waals surface area contributed by atoms with Crippen LogP contribution in [0.2, 0.25) is 0 Å². The van der Waals surface area contributed by atoms with Crippen molar-refractivity contribution in [3.05, 3.63) is 24.3 Å². The smallest absolute Gasteiger partial charge is 0.249 e. The van der Waals surface area contributed by atoms with Crippen LogP contribution in [0.4, 0.5) is 0 Å². The summed E-state index contributed by atoms with van der Waals surface area (Å²) in [5.74, 6) is -2.29. The Bertz CT molecular complexity index is 982. The zero-order valence-corrected chi connectivity index (χ0v) is 22.4. The van der Waals surface area contributed by atoms with Gasteiger partial charge in [-0.2, -0.15) is 0 Å². The Hall–Kier alpha value is -2.19. The first-order valence-corrected chi connectivity index (χ1v) is 12.6. The van der Waals surface area contributed by atoms with Crippen molar-refractivity contribution < 1.29 is 24.2 Å². The summed E-state index contributed by atoms with van der Waals surface area (Å²) in [5.41, 5.74) is -2.81. The van der Waals surface area contributed by atoms with E-state index in [9.17, 15) is 19.5 Å². The fourth-order valence-corrected chi connectivity index (χ4v) is 7.08. The molecule has 0 aromatic heterocycles. The number of rotatable bonds is 4. The van der Waals surface area contributed by atoms with Crippen molar-refractivity contribution >= 4 is 17.7 Å². The molecule has 0 saturated carbocycles. The Labute approximate surface area is 208 Å². The lowest BCUT2D eigenvalue weighted by atomic mass is 9.74. The molecule has 0 aromatic carbocycles. The number of hydrogen-bond acceptors (Lipinski definition) is 5.